The highest BCUT2D eigenvalue weighted by Crippen LogP contribution is 2.46. The Bertz CT molecular complexity index is 1140. The quantitative estimate of drug-likeness (QED) is 0.538. The summed E-state index contributed by atoms with van der Waals surface area (Å²) < 4.78 is 2.40. The standard InChI is InChI=1S/C30H45N5O2/c1-8-14-33-19-22(28(36)34(29(37)31-9-2)16-11-15-32(6)7)17-24-23-12-10-13-25-27(23)21(18-26(24)33)20-35(25)30(3,4)5/h8,10,12-13,20,22,24,26H,1,9,11,14-19H2,2-7H3,(H,31,37). The summed E-state index contributed by atoms with van der Waals surface area (Å²) in [5.74, 6) is -0.0420. The molecule has 202 valence electrons. The van der Waals surface area contributed by atoms with Gasteiger partial charge in [0.05, 0.1) is 5.92 Å². The monoisotopic (exact) mass is 507 g/mol. The first-order valence-corrected chi connectivity index (χ1v) is 13.8. The van der Waals surface area contributed by atoms with Crippen LogP contribution in [0.2, 0.25) is 0 Å². The first kappa shape index (κ1) is 27.4. The average Bonchev–Trinajstić information content (AvgIpc) is 3.22. The lowest BCUT2D eigenvalue weighted by atomic mass is 9.72. The fraction of sp³-hybridized carbons (Fsp3) is 0.600. The third kappa shape index (κ3) is 5.48. The van der Waals surface area contributed by atoms with E-state index in [1.165, 1.54) is 26.9 Å². The Balaban J connectivity index is 1.68. The van der Waals surface area contributed by atoms with Crippen LogP contribution in [-0.4, -0.2) is 84.1 Å². The maximum absolute atomic E-state index is 13.9. The SMILES string of the molecule is C=CCN1CC(C(=O)N(CCCN(C)C)C(=O)NCC)CC2c3cccc4c3c(cn4C(C)(C)C)CC21. The molecule has 2 heterocycles. The lowest BCUT2D eigenvalue weighted by Crippen LogP contribution is -2.55. The third-order valence-corrected chi connectivity index (χ3v) is 7.96. The van der Waals surface area contributed by atoms with Gasteiger partial charge in [-0.15, -0.1) is 6.58 Å². The van der Waals surface area contributed by atoms with Crippen LogP contribution in [0.3, 0.4) is 0 Å². The Hall–Kier alpha value is -2.64. The summed E-state index contributed by atoms with van der Waals surface area (Å²) in [5, 5.41) is 4.22. The molecule has 1 aromatic carbocycles. The van der Waals surface area contributed by atoms with Crippen molar-refractivity contribution in [1.29, 1.82) is 0 Å². The smallest absolute Gasteiger partial charge is 0.324 e. The van der Waals surface area contributed by atoms with Gasteiger partial charge in [0.1, 0.15) is 0 Å². The lowest BCUT2D eigenvalue weighted by Gasteiger charge is -2.47. The molecule has 1 aromatic heterocycles. The molecule has 7 heteroatoms. The number of likely N-dealkylation sites (tertiary alicyclic amines) is 1. The molecule has 0 spiro atoms. The maximum atomic E-state index is 13.9. The fourth-order valence-corrected chi connectivity index (χ4v) is 6.34. The van der Waals surface area contributed by atoms with Crippen molar-refractivity contribution in [2.75, 3.05) is 46.8 Å². The predicted molar refractivity (Wildman–Crippen MR) is 151 cm³/mol. The molecule has 0 saturated carbocycles. The van der Waals surface area contributed by atoms with Gasteiger partial charge in [-0.1, -0.05) is 18.2 Å². The number of nitrogens with zero attached hydrogens (tertiary/aromatic N) is 4. The second-order valence-electron chi connectivity index (χ2n) is 12.0. The zero-order chi connectivity index (χ0) is 26.9. The van der Waals surface area contributed by atoms with Crippen molar-refractivity contribution < 1.29 is 9.59 Å². The molecule has 4 rings (SSSR count). The lowest BCUT2D eigenvalue weighted by molar-refractivity contribution is -0.135. The number of carbonyl (C=O) groups is 2. The van der Waals surface area contributed by atoms with Gasteiger partial charge in [-0.2, -0.15) is 0 Å². The van der Waals surface area contributed by atoms with E-state index >= 15 is 0 Å². The van der Waals surface area contributed by atoms with E-state index in [9.17, 15) is 9.59 Å². The Labute approximate surface area is 222 Å². The molecule has 1 saturated heterocycles. The largest absolute Gasteiger partial charge is 0.342 e. The summed E-state index contributed by atoms with van der Waals surface area (Å²) in [6, 6.07) is 6.69. The van der Waals surface area contributed by atoms with Crippen LogP contribution in [-0.2, 0) is 16.8 Å². The number of piperidine rings is 1. The normalized spacial score (nSPS) is 21.6. The molecule has 0 bridgehead atoms. The molecule has 2 aliphatic rings. The van der Waals surface area contributed by atoms with Gasteiger partial charge in [-0.3, -0.25) is 14.6 Å². The molecule has 3 unspecified atom stereocenters. The van der Waals surface area contributed by atoms with Gasteiger partial charge in [0.25, 0.3) is 0 Å². The minimum Gasteiger partial charge on any atom is -0.342 e. The van der Waals surface area contributed by atoms with Crippen molar-refractivity contribution in [3.05, 3.63) is 48.2 Å². The highest BCUT2D eigenvalue weighted by molar-refractivity contribution is 5.96. The third-order valence-electron chi connectivity index (χ3n) is 7.96. The molecule has 3 atom stereocenters. The fourth-order valence-electron chi connectivity index (χ4n) is 6.34. The molecule has 7 nitrogen and oxygen atoms in total. The first-order valence-electron chi connectivity index (χ1n) is 13.8. The van der Waals surface area contributed by atoms with Gasteiger partial charge >= 0.3 is 6.03 Å². The van der Waals surface area contributed by atoms with Crippen LogP contribution in [0.5, 0.6) is 0 Å². The molecule has 1 fully saturated rings. The number of carbonyl (C=O) groups excluding carboxylic acids is 2. The van der Waals surface area contributed by atoms with Crippen LogP contribution >= 0.6 is 0 Å². The number of fused-ring (bicyclic) bond motifs is 2. The van der Waals surface area contributed by atoms with Gasteiger partial charge in [-0.05, 0) is 84.8 Å². The van der Waals surface area contributed by atoms with Gasteiger partial charge in [0, 0.05) is 60.8 Å². The number of rotatable bonds is 8. The number of nitrogens with one attached hydrogen (secondary N) is 1. The molecule has 3 amide bonds. The van der Waals surface area contributed by atoms with Crippen LogP contribution < -0.4 is 5.32 Å². The molecule has 1 aliphatic heterocycles. The highest BCUT2D eigenvalue weighted by atomic mass is 16.2. The summed E-state index contributed by atoms with van der Waals surface area (Å²) in [7, 11) is 4.02. The number of hydrogen-bond donors (Lipinski definition) is 1. The number of benzene rings is 1. The van der Waals surface area contributed by atoms with Gasteiger partial charge in [0.15, 0.2) is 0 Å². The van der Waals surface area contributed by atoms with Crippen LogP contribution in [0, 0.1) is 5.92 Å². The molecular formula is C30H45N5O2. The summed E-state index contributed by atoms with van der Waals surface area (Å²) in [6.45, 7) is 15.8. The Morgan fingerprint density at radius 2 is 1.97 bits per heavy atom. The zero-order valence-corrected chi connectivity index (χ0v) is 23.6. The second-order valence-corrected chi connectivity index (χ2v) is 12.0. The molecule has 0 radical (unpaired) electrons. The number of urea groups is 1. The molecule has 1 N–H and O–H groups in total. The van der Waals surface area contributed by atoms with E-state index in [1.807, 2.05) is 27.1 Å². The van der Waals surface area contributed by atoms with Crippen molar-refractivity contribution in [2.45, 2.75) is 64.5 Å². The van der Waals surface area contributed by atoms with Crippen LogP contribution in [0.4, 0.5) is 4.79 Å². The summed E-state index contributed by atoms with van der Waals surface area (Å²) >= 11 is 0. The van der Waals surface area contributed by atoms with Crippen molar-refractivity contribution in [1.82, 2.24) is 24.6 Å². The van der Waals surface area contributed by atoms with E-state index < -0.39 is 0 Å². The second kappa shape index (κ2) is 11.0. The highest BCUT2D eigenvalue weighted by Gasteiger charge is 2.44. The Morgan fingerprint density at radius 1 is 1.22 bits per heavy atom. The minimum absolute atomic E-state index is 0.0103. The summed E-state index contributed by atoms with van der Waals surface area (Å²) in [6.07, 6.45) is 6.78. The van der Waals surface area contributed by atoms with Crippen molar-refractivity contribution in [3.63, 3.8) is 0 Å². The van der Waals surface area contributed by atoms with E-state index in [4.69, 9.17) is 0 Å². The van der Waals surface area contributed by atoms with E-state index in [2.05, 4.69) is 71.4 Å². The molecule has 2 aromatic rings. The van der Waals surface area contributed by atoms with Gasteiger partial charge in [0.2, 0.25) is 5.91 Å². The summed E-state index contributed by atoms with van der Waals surface area (Å²) in [4.78, 5) is 32.9. The Kier molecular flexibility index (Phi) is 8.14. The molecule has 37 heavy (non-hydrogen) atoms. The number of imide groups is 1. The van der Waals surface area contributed by atoms with E-state index in [1.54, 1.807) is 0 Å². The van der Waals surface area contributed by atoms with E-state index in [-0.39, 0.29) is 29.3 Å². The summed E-state index contributed by atoms with van der Waals surface area (Å²) in [5.41, 5.74) is 4.00. The minimum atomic E-state index is -0.279. The van der Waals surface area contributed by atoms with Gasteiger partial charge < -0.3 is 14.8 Å². The Morgan fingerprint density at radius 3 is 2.62 bits per heavy atom. The maximum Gasteiger partial charge on any atom is 0.324 e. The molecular weight excluding hydrogens is 462 g/mol. The van der Waals surface area contributed by atoms with Gasteiger partial charge in [-0.25, -0.2) is 4.79 Å². The van der Waals surface area contributed by atoms with Crippen LogP contribution in [0.1, 0.15) is 57.6 Å². The average molecular weight is 508 g/mol. The predicted octanol–water partition coefficient (Wildman–Crippen LogP) is 4.42. The topological polar surface area (TPSA) is 60.8 Å². The van der Waals surface area contributed by atoms with E-state index in [0.29, 0.717) is 25.7 Å². The number of amides is 3. The van der Waals surface area contributed by atoms with Crippen LogP contribution in [0.25, 0.3) is 10.9 Å². The van der Waals surface area contributed by atoms with Crippen LogP contribution in [0.15, 0.2) is 37.1 Å². The van der Waals surface area contributed by atoms with Crippen molar-refractivity contribution >= 4 is 22.8 Å². The van der Waals surface area contributed by atoms with E-state index in [0.717, 1.165) is 32.4 Å². The van der Waals surface area contributed by atoms with Crippen molar-refractivity contribution in [3.8, 4) is 0 Å². The number of aromatic nitrogens is 1. The molecule has 1 aliphatic carbocycles. The number of hydrogen-bond acceptors (Lipinski definition) is 4. The first-order chi connectivity index (χ1) is 17.6. The zero-order valence-electron chi connectivity index (χ0n) is 23.6. The van der Waals surface area contributed by atoms with Crippen molar-refractivity contribution in [2.24, 2.45) is 5.92 Å².